The van der Waals surface area contributed by atoms with Crippen LogP contribution in [0.5, 0.6) is 0 Å². The Bertz CT molecular complexity index is 362. The molecule has 0 aliphatic heterocycles. The summed E-state index contributed by atoms with van der Waals surface area (Å²) < 4.78 is 0. The minimum absolute atomic E-state index is 0.0495. The van der Waals surface area contributed by atoms with Gasteiger partial charge in [-0.3, -0.25) is 0 Å². The molecule has 2 bridgehead atoms. The molecule has 3 rings (SSSR count). The van der Waals surface area contributed by atoms with Gasteiger partial charge in [0.25, 0.3) is 0 Å². The van der Waals surface area contributed by atoms with Gasteiger partial charge in [-0.15, -0.1) is 0 Å². The number of halogens is 1. The van der Waals surface area contributed by atoms with E-state index in [4.69, 9.17) is 11.6 Å². The van der Waals surface area contributed by atoms with E-state index < -0.39 is 0 Å². The van der Waals surface area contributed by atoms with Crippen LogP contribution in [-0.4, -0.2) is 16.2 Å². The molecule has 80 valence electrons. The van der Waals surface area contributed by atoms with Crippen LogP contribution in [0.3, 0.4) is 0 Å². The summed E-state index contributed by atoms with van der Waals surface area (Å²) in [6, 6.07) is 3.94. The Kier molecular flexibility index (Phi) is 2.22. The number of aliphatic hydroxyl groups is 1. The predicted molar refractivity (Wildman–Crippen MR) is 58.8 cm³/mol. The van der Waals surface area contributed by atoms with Crippen LogP contribution in [0.1, 0.15) is 30.7 Å². The highest BCUT2D eigenvalue weighted by Gasteiger charge is 2.45. The van der Waals surface area contributed by atoms with Gasteiger partial charge in [-0.1, -0.05) is 17.7 Å². The Morgan fingerprint density at radius 1 is 1.20 bits per heavy atom. The maximum absolute atomic E-state index is 9.69. The summed E-state index contributed by atoms with van der Waals surface area (Å²) >= 11 is 5.77. The van der Waals surface area contributed by atoms with Crippen molar-refractivity contribution in [2.24, 2.45) is 11.8 Å². The topological polar surface area (TPSA) is 33.1 Å². The van der Waals surface area contributed by atoms with Crippen molar-refractivity contribution in [2.45, 2.75) is 31.3 Å². The van der Waals surface area contributed by atoms with E-state index in [2.05, 4.69) is 11.1 Å². The Morgan fingerprint density at radius 3 is 2.60 bits per heavy atom. The molecule has 3 heteroatoms. The average Bonchev–Trinajstić information content (AvgIpc) is 2.77. The van der Waals surface area contributed by atoms with Gasteiger partial charge >= 0.3 is 0 Å². The van der Waals surface area contributed by atoms with E-state index in [0.717, 1.165) is 12.8 Å². The molecule has 2 fully saturated rings. The maximum Gasteiger partial charge on any atom is 0.129 e. The van der Waals surface area contributed by atoms with Gasteiger partial charge in [0.15, 0.2) is 0 Å². The molecule has 1 heterocycles. The van der Waals surface area contributed by atoms with Gasteiger partial charge in [-0.25, -0.2) is 4.98 Å². The molecule has 4 unspecified atom stereocenters. The lowest BCUT2D eigenvalue weighted by Gasteiger charge is -2.24. The number of hydrogen-bond acceptors (Lipinski definition) is 2. The third kappa shape index (κ3) is 1.56. The first kappa shape index (κ1) is 9.61. The molecule has 2 aliphatic rings. The van der Waals surface area contributed by atoms with Crippen molar-refractivity contribution in [2.75, 3.05) is 0 Å². The predicted octanol–water partition coefficient (Wildman–Crippen LogP) is 2.61. The summed E-state index contributed by atoms with van der Waals surface area (Å²) in [6.07, 6.45) is 5.12. The Hall–Kier alpha value is -0.600. The third-order valence-corrected chi connectivity index (χ3v) is 4.22. The molecule has 0 spiro atoms. The van der Waals surface area contributed by atoms with Crippen LogP contribution in [-0.2, 0) is 0 Å². The summed E-state index contributed by atoms with van der Waals surface area (Å²) in [5.74, 6) is 1.78. The van der Waals surface area contributed by atoms with Gasteiger partial charge in [0, 0.05) is 6.20 Å². The summed E-state index contributed by atoms with van der Waals surface area (Å²) in [7, 11) is 0. The van der Waals surface area contributed by atoms with Gasteiger partial charge in [-0.2, -0.15) is 0 Å². The first-order chi connectivity index (χ1) is 7.24. The van der Waals surface area contributed by atoms with Gasteiger partial charge in [-0.05, 0) is 48.6 Å². The molecule has 1 N–H and O–H groups in total. The zero-order chi connectivity index (χ0) is 10.4. The first-order valence-electron chi connectivity index (χ1n) is 5.53. The van der Waals surface area contributed by atoms with Crippen molar-refractivity contribution in [1.29, 1.82) is 0 Å². The molecule has 0 radical (unpaired) electrons. The van der Waals surface area contributed by atoms with Gasteiger partial charge < -0.3 is 5.11 Å². The van der Waals surface area contributed by atoms with Gasteiger partial charge in [0.1, 0.15) is 5.15 Å². The summed E-state index contributed by atoms with van der Waals surface area (Å²) in [5, 5.41) is 10.2. The normalized spacial score (nSPS) is 38.5. The Morgan fingerprint density at radius 2 is 2.07 bits per heavy atom. The quantitative estimate of drug-likeness (QED) is 0.743. The molecular formula is C12H14ClNO. The van der Waals surface area contributed by atoms with Crippen LogP contribution in [0.15, 0.2) is 18.3 Å². The fourth-order valence-electron chi connectivity index (χ4n) is 3.26. The highest BCUT2D eigenvalue weighted by atomic mass is 35.5. The summed E-state index contributed by atoms with van der Waals surface area (Å²) in [4.78, 5) is 4.13. The van der Waals surface area contributed by atoms with Gasteiger partial charge in [0.05, 0.1) is 6.10 Å². The number of rotatable bonds is 1. The molecule has 15 heavy (non-hydrogen) atoms. The zero-order valence-electron chi connectivity index (χ0n) is 8.44. The standard InChI is InChI=1S/C12H14ClNO/c13-12-2-1-7(6-14-12)10-4-9-3-8(10)5-11(9)15/h1-2,6,8-11,15H,3-5H2. The van der Waals surface area contributed by atoms with Crippen molar-refractivity contribution < 1.29 is 5.11 Å². The van der Waals surface area contributed by atoms with E-state index in [-0.39, 0.29) is 6.10 Å². The second-order valence-corrected chi connectivity index (χ2v) is 5.20. The van der Waals surface area contributed by atoms with Gasteiger partial charge in [0.2, 0.25) is 0 Å². The summed E-state index contributed by atoms with van der Waals surface area (Å²) in [6.45, 7) is 0. The smallest absolute Gasteiger partial charge is 0.129 e. The highest BCUT2D eigenvalue weighted by molar-refractivity contribution is 6.29. The van der Waals surface area contributed by atoms with E-state index in [1.807, 2.05) is 12.3 Å². The van der Waals surface area contributed by atoms with Crippen molar-refractivity contribution in [3.63, 3.8) is 0 Å². The Labute approximate surface area is 94.3 Å². The number of fused-ring (bicyclic) bond motifs is 2. The minimum atomic E-state index is -0.0495. The van der Waals surface area contributed by atoms with E-state index in [0.29, 0.717) is 22.9 Å². The molecule has 1 aromatic heterocycles. The van der Waals surface area contributed by atoms with Crippen LogP contribution in [0.25, 0.3) is 0 Å². The lowest BCUT2D eigenvalue weighted by molar-refractivity contribution is 0.107. The van der Waals surface area contributed by atoms with E-state index >= 15 is 0 Å². The Balaban J connectivity index is 1.83. The fourth-order valence-corrected chi connectivity index (χ4v) is 3.37. The monoisotopic (exact) mass is 223 g/mol. The second-order valence-electron chi connectivity index (χ2n) is 4.82. The van der Waals surface area contributed by atoms with Crippen LogP contribution in [0, 0.1) is 11.8 Å². The van der Waals surface area contributed by atoms with E-state index in [9.17, 15) is 5.11 Å². The van der Waals surface area contributed by atoms with Crippen LogP contribution < -0.4 is 0 Å². The number of hydrogen-bond donors (Lipinski definition) is 1. The van der Waals surface area contributed by atoms with Crippen molar-refractivity contribution in [3.05, 3.63) is 29.0 Å². The van der Waals surface area contributed by atoms with Crippen LogP contribution >= 0.6 is 11.6 Å². The van der Waals surface area contributed by atoms with Crippen LogP contribution in [0.2, 0.25) is 5.15 Å². The third-order valence-electron chi connectivity index (χ3n) is 4.00. The molecule has 2 nitrogen and oxygen atoms in total. The SMILES string of the molecule is OC1CC2CC1CC2c1ccc(Cl)nc1. The zero-order valence-corrected chi connectivity index (χ0v) is 9.19. The minimum Gasteiger partial charge on any atom is -0.393 e. The molecule has 0 aromatic carbocycles. The van der Waals surface area contributed by atoms with Crippen molar-refractivity contribution in [3.8, 4) is 0 Å². The number of aromatic nitrogens is 1. The summed E-state index contributed by atoms with van der Waals surface area (Å²) in [5.41, 5.74) is 1.29. The first-order valence-corrected chi connectivity index (χ1v) is 5.91. The number of pyridine rings is 1. The molecule has 0 amide bonds. The molecule has 2 aliphatic carbocycles. The van der Waals surface area contributed by atoms with Crippen molar-refractivity contribution >= 4 is 11.6 Å². The molecule has 0 saturated heterocycles. The number of aliphatic hydroxyl groups excluding tert-OH is 1. The van der Waals surface area contributed by atoms with Crippen molar-refractivity contribution in [1.82, 2.24) is 4.98 Å². The highest BCUT2D eigenvalue weighted by Crippen LogP contribution is 2.52. The lowest BCUT2D eigenvalue weighted by atomic mass is 9.83. The van der Waals surface area contributed by atoms with E-state index in [1.165, 1.54) is 12.0 Å². The largest absolute Gasteiger partial charge is 0.393 e. The average molecular weight is 224 g/mol. The lowest BCUT2D eigenvalue weighted by Crippen LogP contribution is -2.20. The molecule has 1 aromatic rings. The molecule has 2 saturated carbocycles. The fraction of sp³-hybridized carbons (Fsp3) is 0.583. The molecular weight excluding hydrogens is 210 g/mol. The maximum atomic E-state index is 9.69. The van der Waals surface area contributed by atoms with Crippen LogP contribution in [0.4, 0.5) is 0 Å². The number of nitrogens with zero attached hydrogens (tertiary/aromatic N) is 1. The second kappa shape index (κ2) is 3.46. The molecule has 4 atom stereocenters. The van der Waals surface area contributed by atoms with E-state index in [1.54, 1.807) is 0 Å².